The average Bonchev–Trinajstić information content (AvgIpc) is 2.37. The van der Waals surface area contributed by atoms with Gasteiger partial charge in [-0.1, -0.05) is 19.9 Å². The number of hydrogen-bond acceptors (Lipinski definition) is 5. The lowest BCUT2D eigenvalue weighted by Crippen LogP contribution is -2.36. The summed E-state index contributed by atoms with van der Waals surface area (Å²) in [6.07, 6.45) is 1.75. The molecule has 0 unspecified atom stereocenters. The van der Waals surface area contributed by atoms with Crippen molar-refractivity contribution in [1.29, 1.82) is 0 Å². The van der Waals surface area contributed by atoms with Gasteiger partial charge in [0.05, 0.1) is 6.54 Å². The van der Waals surface area contributed by atoms with Gasteiger partial charge in [0, 0.05) is 19.3 Å². The van der Waals surface area contributed by atoms with E-state index in [0.717, 1.165) is 5.56 Å². The van der Waals surface area contributed by atoms with Crippen LogP contribution in [0.2, 0.25) is 0 Å². The van der Waals surface area contributed by atoms with Crippen molar-refractivity contribution in [2.75, 3.05) is 25.6 Å². The highest BCUT2D eigenvalue weighted by molar-refractivity contribution is 5.77. The molecule has 0 aromatic carbocycles. The van der Waals surface area contributed by atoms with Crippen LogP contribution >= 0.6 is 0 Å². The Balaban J connectivity index is 2.37. The van der Waals surface area contributed by atoms with Crippen LogP contribution in [0.3, 0.4) is 0 Å². The SMILES string of the molecule is CC(C)CNC(=O)CN(C)Cc1ccc(NN)nc1. The van der Waals surface area contributed by atoms with Crippen molar-refractivity contribution < 1.29 is 4.79 Å². The van der Waals surface area contributed by atoms with Crippen molar-refractivity contribution in [3.05, 3.63) is 23.9 Å². The Morgan fingerprint density at radius 1 is 1.47 bits per heavy atom. The molecule has 0 radical (unpaired) electrons. The van der Waals surface area contributed by atoms with Gasteiger partial charge in [0.1, 0.15) is 5.82 Å². The van der Waals surface area contributed by atoms with Crippen LogP contribution < -0.4 is 16.6 Å². The highest BCUT2D eigenvalue weighted by Gasteiger charge is 2.07. The van der Waals surface area contributed by atoms with Gasteiger partial charge < -0.3 is 10.7 Å². The first-order chi connectivity index (χ1) is 9.01. The molecule has 0 bridgehead atoms. The minimum Gasteiger partial charge on any atom is -0.355 e. The number of nitrogens with one attached hydrogen (secondary N) is 2. The Labute approximate surface area is 114 Å². The van der Waals surface area contributed by atoms with Gasteiger partial charge in [-0.05, 0) is 24.6 Å². The number of hydrazine groups is 1. The fourth-order valence-corrected chi connectivity index (χ4v) is 1.59. The smallest absolute Gasteiger partial charge is 0.234 e. The molecule has 1 amide bonds. The van der Waals surface area contributed by atoms with Crippen LogP contribution in [0.4, 0.5) is 5.82 Å². The molecule has 4 N–H and O–H groups in total. The summed E-state index contributed by atoms with van der Waals surface area (Å²) in [6, 6.07) is 3.74. The van der Waals surface area contributed by atoms with Gasteiger partial charge in [-0.25, -0.2) is 10.8 Å². The van der Waals surface area contributed by atoms with Crippen molar-refractivity contribution in [3.8, 4) is 0 Å². The molecule has 1 aromatic rings. The molecular weight excluding hydrogens is 242 g/mol. The summed E-state index contributed by atoms with van der Waals surface area (Å²) in [5.41, 5.74) is 3.52. The molecule has 0 saturated carbocycles. The van der Waals surface area contributed by atoms with E-state index in [1.807, 2.05) is 24.1 Å². The third-order valence-corrected chi connectivity index (χ3v) is 2.55. The Kier molecular flexibility index (Phi) is 6.24. The van der Waals surface area contributed by atoms with Gasteiger partial charge in [0.25, 0.3) is 0 Å². The number of likely N-dealkylation sites (N-methyl/N-ethyl adjacent to an activating group) is 1. The third kappa shape index (κ3) is 6.17. The van der Waals surface area contributed by atoms with E-state index < -0.39 is 0 Å². The number of nitrogens with two attached hydrogens (primary N) is 1. The van der Waals surface area contributed by atoms with Gasteiger partial charge >= 0.3 is 0 Å². The van der Waals surface area contributed by atoms with E-state index in [0.29, 0.717) is 31.4 Å². The quantitative estimate of drug-likeness (QED) is 0.496. The summed E-state index contributed by atoms with van der Waals surface area (Å²) in [7, 11) is 1.91. The number of carbonyl (C=O) groups excluding carboxylic acids is 1. The molecule has 0 aliphatic rings. The number of hydrogen-bond donors (Lipinski definition) is 3. The molecule has 0 aliphatic heterocycles. The van der Waals surface area contributed by atoms with Crippen LogP contribution in [0.5, 0.6) is 0 Å². The molecule has 6 nitrogen and oxygen atoms in total. The highest BCUT2D eigenvalue weighted by Crippen LogP contribution is 2.05. The summed E-state index contributed by atoms with van der Waals surface area (Å²) in [5, 5.41) is 2.89. The van der Waals surface area contributed by atoms with Crippen LogP contribution in [-0.2, 0) is 11.3 Å². The molecule has 0 atom stereocenters. The predicted octanol–water partition coefficient (Wildman–Crippen LogP) is 0.571. The van der Waals surface area contributed by atoms with Gasteiger partial charge in [0.2, 0.25) is 5.91 Å². The van der Waals surface area contributed by atoms with Crippen molar-refractivity contribution in [2.45, 2.75) is 20.4 Å². The van der Waals surface area contributed by atoms with Crippen molar-refractivity contribution >= 4 is 11.7 Å². The lowest BCUT2D eigenvalue weighted by Gasteiger charge is -2.17. The molecule has 0 aliphatic carbocycles. The standard InChI is InChI=1S/C13H23N5O/c1-10(2)6-16-13(19)9-18(3)8-11-4-5-12(17-14)15-7-11/h4-5,7,10H,6,8-9,14H2,1-3H3,(H,15,17)(H,16,19). The van der Waals surface area contributed by atoms with Gasteiger partial charge in [-0.3, -0.25) is 9.69 Å². The van der Waals surface area contributed by atoms with Crippen molar-refractivity contribution in [2.24, 2.45) is 11.8 Å². The van der Waals surface area contributed by atoms with E-state index in [-0.39, 0.29) is 5.91 Å². The fourth-order valence-electron chi connectivity index (χ4n) is 1.59. The number of nitrogen functional groups attached to an aromatic ring is 1. The van der Waals surface area contributed by atoms with Crippen LogP contribution in [0.25, 0.3) is 0 Å². The summed E-state index contributed by atoms with van der Waals surface area (Å²) in [4.78, 5) is 17.7. The molecule has 106 valence electrons. The van der Waals surface area contributed by atoms with Crippen molar-refractivity contribution in [1.82, 2.24) is 15.2 Å². The number of nitrogens with zero attached hydrogens (tertiary/aromatic N) is 2. The third-order valence-electron chi connectivity index (χ3n) is 2.55. The molecule has 1 rings (SSSR count). The lowest BCUT2D eigenvalue weighted by atomic mass is 10.2. The van der Waals surface area contributed by atoms with E-state index in [9.17, 15) is 4.79 Å². The van der Waals surface area contributed by atoms with Crippen LogP contribution in [0.1, 0.15) is 19.4 Å². The number of pyridine rings is 1. The Hall–Kier alpha value is -1.66. The molecule has 19 heavy (non-hydrogen) atoms. The number of rotatable bonds is 7. The summed E-state index contributed by atoms with van der Waals surface area (Å²) in [6.45, 7) is 5.91. The van der Waals surface area contributed by atoms with Crippen molar-refractivity contribution in [3.63, 3.8) is 0 Å². The number of aromatic nitrogens is 1. The second-order valence-corrected chi connectivity index (χ2v) is 5.07. The second-order valence-electron chi connectivity index (χ2n) is 5.07. The zero-order valence-electron chi connectivity index (χ0n) is 11.8. The average molecular weight is 265 g/mol. The first-order valence-corrected chi connectivity index (χ1v) is 6.38. The van der Waals surface area contributed by atoms with Gasteiger partial charge in [0.15, 0.2) is 0 Å². The van der Waals surface area contributed by atoms with E-state index in [1.54, 1.807) is 6.20 Å². The maximum absolute atomic E-state index is 11.7. The van der Waals surface area contributed by atoms with Crippen LogP contribution in [0, 0.1) is 5.92 Å². The minimum absolute atomic E-state index is 0.0457. The topological polar surface area (TPSA) is 83.3 Å². The maximum atomic E-state index is 11.7. The summed E-state index contributed by atoms with van der Waals surface area (Å²) < 4.78 is 0. The van der Waals surface area contributed by atoms with E-state index >= 15 is 0 Å². The number of amides is 1. The summed E-state index contributed by atoms with van der Waals surface area (Å²) in [5.74, 6) is 6.39. The first-order valence-electron chi connectivity index (χ1n) is 6.38. The molecule has 0 spiro atoms. The maximum Gasteiger partial charge on any atom is 0.234 e. The molecule has 1 aromatic heterocycles. The highest BCUT2D eigenvalue weighted by atomic mass is 16.2. The first kappa shape index (κ1) is 15.4. The monoisotopic (exact) mass is 265 g/mol. The Bertz CT molecular complexity index is 391. The molecule has 0 fully saturated rings. The largest absolute Gasteiger partial charge is 0.355 e. The van der Waals surface area contributed by atoms with E-state index in [4.69, 9.17) is 5.84 Å². The molecule has 6 heteroatoms. The van der Waals surface area contributed by atoms with E-state index in [2.05, 4.69) is 29.6 Å². The summed E-state index contributed by atoms with van der Waals surface area (Å²) >= 11 is 0. The number of anilines is 1. The Morgan fingerprint density at radius 3 is 2.74 bits per heavy atom. The molecular formula is C13H23N5O. The molecule has 1 heterocycles. The molecule has 0 saturated heterocycles. The fraction of sp³-hybridized carbons (Fsp3) is 0.538. The zero-order valence-corrected chi connectivity index (χ0v) is 11.8. The zero-order chi connectivity index (χ0) is 14.3. The van der Waals surface area contributed by atoms with E-state index in [1.165, 1.54) is 0 Å². The second kappa shape index (κ2) is 7.70. The lowest BCUT2D eigenvalue weighted by molar-refractivity contribution is -0.122. The minimum atomic E-state index is 0.0457. The number of carbonyl (C=O) groups is 1. The van der Waals surface area contributed by atoms with Crippen LogP contribution in [-0.4, -0.2) is 35.9 Å². The van der Waals surface area contributed by atoms with Crippen LogP contribution in [0.15, 0.2) is 18.3 Å². The predicted molar refractivity (Wildman–Crippen MR) is 76.2 cm³/mol. The Morgan fingerprint density at radius 2 is 2.21 bits per heavy atom. The van der Waals surface area contributed by atoms with Gasteiger partial charge in [-0.15, -0.1) is 0 Å². The van der Waals surface area contributed by atoms with Gasteiger partial charge in [-0.2, -0.15) is 0 Å². The normalized spacial score (nSPS) is 10.8.